The number of hydrogen-bond acceptors (Lipinski definition) is 3. The van der Waals surface area contributed by atoms with Crippen LogP contribution in [0.15, 0.2) is 12.2 Å². The Bertz CT molecular complexity index is 313. The van der Waals surface area contributed by atoms with Gasteiger partial charge in [-0.15, -0.1) is 0 Å². The van der Waals surface area contributed by atoms with E-state index in [0.717, 1.165) is 18.3 Å². The van der Waals surface area contributed by atoms with E-state index in [-0.39, 0.29) is 12.0 Å². The van der Waals surface area contributed by atoms with Gasteiger partial charge in [-0.1, -0.05) is 19.1 Å². The second kappa shape index (κ2) is 5.21. The van der Waals surface area contributed by atoms with Gasteiger partial charge in [-0.25, -0.2) is 0 Å². The van der Waals surface area contributed by atoms with Gasteiger partial charge in [0.1, 0.15) is 6.04 Å². The first kappa shape index (κ1) is 12.6. The molecule has 3 heteroatoms. The van der Waals surface area contributed by atoms with Gasteiger partial charge in [0.05, 0.1) is 7.11 Å². The van der Waals surface area contributed by atoms with Crippen LogP contribution in [-0.4, -0.2) is 25.2 Å². The molecule has 0 aromatic heterocycles. The summed E-state index contributed by atoms with van der Waals surface area (Å²) >= 11 is 0. The van der Waals surface area contributed by atoms with Crippen LogP contribution in [0, 0.1) is 17.8 Å². The molecular formula is C14H23NO2. The number of methoxy groups -OCH3 is 1. The maximum absolute atomic E-state index is 11.6. The standard InChI is InChI=1S/C14H23NO2/c1-4-13(14(16)17-3)15-9(2)12-8-10-5-6-11(12)7-10/h5-6,9-13,15H,4,7-8H2,1-3H3. The maximum atomic E-state index is 11.6. The molecular weight excluding hydrogens is 214 g/mol. The fourth-order valence-corrected chi connectivity index (χ4v) is 3.33. The van der Waals surface area contributed by atoms with Gasteiger partial charge in [0, 0.05) is 6.04 Å². The topological polar surface area (TPSA) is 38.3 Å². The molecule has 0 aliphatic heterocycles. The lowest BCUT2D eigenvalue weighted by atomic mass is 9.87. The minimum absolute atomic E-state index is 0.141. The summed E-state index contributed by atoms with van der Waals surface area (Å²) in [5, 5.41) is 3.44. The third kappa shape index (κ3) is 2.54. The monoisotopic (exact) mass is 237 g/mol. The quantitative estimate of drug-likeness (QED) is 0.588. The van der Waals surface area contributed by atoms with Gasteiger partial charge in [-0.3, -0.25) is 4.79 Å². The SMILES string of the molecule is CCC(NC(C)C1CC2C=CC1C2)C(=O)OC. The molecule has 0 spiro atoms. The molecule has 1 fully saturated rings. The highest BCUT2D eigenvalue weighted by Gasteiger charge is 2.39. The smallest absolute Gasteiger partial charge is 0.322 e. The average Bonchev–Trinajstić information content (AvgIpc) is 2.96. The van der Waals surface area contributed by atoms with E-state index in [4.69, 9.17) is 4.74 Å². The molecule has 17 heavy (non-hydrogen) atoms. The molecule has 2 aliphatic rings. The predicted octanol–water partition coefficient (Wildman–Crippen LogP) is 2.13. The van der Waals surface area contributed by atoms with Crippen LogP contribution in [0.3, 0.4) is 0 Å². The first-order chi connectivity index (χ1) is 8.15. The Hall–Kier alpha value is -0.830. The molecule has 5 unspecified atom stereocenters. The Morgan fingerprint density at radius 3 is 2.71 bits per heavy atom. The Morgan fingerprint density at radius 2 is 2.24 bits per heavy atom. The van der Waals surface area contributed by atoms with Gasteiger partial charge in [0.25, 0.3) is 0 Å². The van der Waals surface area contributed by atoms with Crippen LogP contribution in [0.25, 0.3) is 0 Å². The first-order valence-electron chi connectivity index (χ1n) is 6.67. The summed E-state index contributed by atoms with van der Waals surface area (Å²) in [4.78, 5) is 11.6. The Kier molecular flexibility index (Phi) is 3.87. The molecule has 0 aromatic rings. The lowest BCUT2D eigenvalue weighted by Crippen LogP contribution is -2.46. The number of rotatable bonds is 5. The number of nitrogens with one attached hydrogen (secondary N) is 1. The number of esters is 1. The predicted molar refractivity (Wildman–Crippen MR) is 67.5 cm³/mol. The highest BCUT2D eigenvalue weighted by atomic mass is 16.5. The van der Waals surface area contributed by atoms with Crippen LogP contribution < -0.4 is 5.32 Å². The highest BCUT2D eigenvalue weighted by molar-refractivity contribution is 5.75. The largest absolute Gasteiger partial charge is 0.468 e. The Balaban J connectivity index is 1.90. The van der Waals surface area contributed by atoms with E-state index in [1.165, 1.54) is 20.0 Å². The van der Waals surface area contributed by atoms with Crippen molar-refractivity contribution in [1.82, 2.24) is 5.32 Å². The zero-order valence-corrected chi connectivity index (χ0v) is 11.0. The maximum Gasteiger partial charge on any atom is 0.322 e. The number of allylic oxidation sites excluding steroid dienone is 2. The van der Waals surface area contributed by atoms with Crippen molar-refractivity contribution < 1.29 is 9.53 Å². The van der Waals surface area contributed by atoms with Crippen LogP contribution in [-0.2, 0) is 9.53 Å². The molecule has 0 amide bonds. The summed E-state index contributed by atoms with van der Waals surface area (Å²) in [5.74, 6) is 2.05. The van der Waals surface area contributed by atoms with Gasteiger partial charge in [0.2, 0.25) is 0 Å². The molecule has 1 saturated carbocycles. The highest BCUT2D eigenvalue weighted by Crippen LogP contribution is 2.44. The van der Waals surface area contributed by atoms with Crippen molar-refractivity contribution in [3.05, 3.63) is 12.2 Å². The van der Waals surface area contributed by atoms with E-state index in [1.807, 2.05) is 6.92 Å². The molecule has 2 aliphatic carbocycles. The van der Waals surface area contributed by atoms with E-state index in [2.05, 4.69) is 24.4 Å². The molecule has 2 rings (SSSR count). The Labute approximate surface area is 104 Å². The van der Waals surface area contributed by atoms with Crippen LogP contribution in [0.4, 0.5) is 0 Å². The van der Waals surface area contributed by atoms with E-state index in [1.54, 1.807) is 0 Å². The molecule has 0 aromatic carbocycles. The van der Waals surface area contributed by atoms with Gasteiger partial charge in [0.15, 0.2) is 0 Å². The Morgan fingerprint density at radius 1 is 1.47 bits per heavy atom. The van der Waals surface area contributed by atoms with Crippen LogP contribution >= 0.6 is 0 Å². The van der Waals surface area contributed by atoms with Crippen molar-refractivity contribution in [2.45, 2.75) is 45.2 Å². The van der Waals surface area contributed by atoms with Crippen molar-refractivity contribution in [2.24, 2.45) is 17.8 Å². The van der Waals surface area contributed by atoms with Crippen LogP contribution in [0.2, 0.25) is 0 Å². The van der Waals surface area contributed by atoms with Crippen LogP contribution in [0.5, 0.6) is 0 Å². The molecule has 2 bridgehead atoms. The average molecular weight is 237 g/mol. The lowest BCUT2D eigenvalue weighted by Gasteiger charge is -2.29. The molecule has 0 saturated heterocycles. The van der Waals surface area contributed by atoms with E-state index in [0.29, 0.717) is 12.0 Å². The molecule has 0 heterocycles. The zero-order chi connectivity index (χ0) is 12.4. The second-order valence-corrected chi connectivity index (χ2v) is 5.38. The van der Waals surface area contributed by atoms with E-state index in [9.17, 15) is 4.79 Å². The van der Waals surface area contributed by atoms with Gasteiger partial charge in [-0.05, 0) is 43.9 Å². The summed E-state index contributed by atoms with van der Waals surface area (Å²) in [6, 6.07) is 0.233. The van der Waals surface area contributed by atoms with E-state index >= 15 is 0 Å². The van der Waals surface area contributed by atoms with Crippen molar-refractivity contribution in [1.29, 1.82) is 0 Å². The van der Waals surface area contributed by atoms with Crippen molar-refractivity contribution in [3.63, 3.8) is 0 Å². The van der Waals surface area contributed by atoms with Gasteiger partial charge < -0.3 is 10.1 Å². The van der Waals surface area contributed by atoms with Gasteiger partial charge in [-0.2, -0.15) is 0 Å². The summed E-state index contributed by atoms with van der Waals surface area (Å²) in [6.07, 6.45) is 8.08. The number of ether oxygens (including phenoxy) is 1. The van der Waals surface area contributed by atoms with Gasteiger partial charge >= 0.3 is 5.97 Å². The summed E-state index contributed by atoms with van der Waals surface area (Å²) < 4.78 is 4.81. The molecule has 96 valence electrons. The van der Waals surface area contributed by atoms with E-state index < -0.39 is 0 Å². The molecule has 1 N–H and O–H groups in total. The summed E-state index contributed by atoms with van der Waals surface area (Å²) in [6.45, 7) is 4.22. The zero-order valence-electron chi connectivity index (χ0n) is 11.0. The third-order valence-corrected chi connectivity index (χ3v) is 4.33. The fraction of sp³-hybridized carbons (Fsp3) is 0.786. The molecule has 3 nitrogen and oxygen atoms in total. The first-order valence-corrected chi connectivity index (χ1v) is 6.67. The number of hydrogen-bond donors (Lipinski definition) is 1. The fourth-order valence-electron chi connectivity index (χ4n) is 3.33. The second-order valence-electron chi connectivity index (χ2n) is 5.38. The number of carbonyl (C=O) groups is 1. The molecule has 5 atom stereocenters. The van der Waals surface area contributed by atoms with Crippen molar-refractivity contribution >= 4 is 5.97 Å². The normalized spacial score (nSPS) is 33.7. The number of fused-ring (bicyclic) bond motifs is 2. The lowest BCUT2D eigenvalue weighted by molar-refractivity contribution is -0.143. The van der Waals surface area contributed by atoms with Crippen LogP contribution in [0.1, 0.15) is 33.1 Å². The van der Waals surface area contributed by atoms with Crippen molar-refractivity contribution in [3.8, 4) is 0 Å². The molecule has 0 radical (unpaired) electrons. The van der Waals surface area contributed by atoms with Crippen molar-refractivity contribution in [2.75, 3.05) is 7.11 Å². The third-order valence-electron chi connectivity index (χ3n) is 4.33. The summed E-state index contributed by atoms with van der Waals surface area (Å²) in [7, 11) is 1.46. The minimum atomic E-state index is -0.155. The minimum Gasteiger partial charge on any atom is -0.468 e. The summed E-state index contributed by atoms with van der Waals surface area (Å²) in [5.41, 5.74) is 0. The number of carbonyl (C=O) groups excluding carboxylic acids is 1.